The first-order chi connectivity index (χ1) is 19.5. The highest BCUT2D eigenvalue weighted by molar-refractivity contribution is 5.65. The second kappa shape index (κ2) is 12.6. The number of rotatable bonds is 10. The molecular formula is C28H33F3N6O4. The maximum atomic E-state index is 13.0. The van der Waals surface area contributed by atoms with Crippen molar-refractivity contribution in [3.63, 3.8) is 0 Å². The van der Waals surface area contributed by atoms with Crippen molar-refractivity contribution in [2.24, 2.45) is 0 Å². The van der Waals surface area contributed by atoms with Crippen molar-refractivity contribution in [2.75, 3.05) is 42.9 Å². The molecular weight excluding hydrogens is 541 g/mol. The van der Waals surface area contributed by atoms with Crippen LogP contribution in [0.4, 0.5) is 36.1 Å². The Morgan fingerprint density at radius 3 is 2.34 bits per heavy atom. The van der Waals surface area contributed by atoms with E-state index in [9.17, 15) is 32.9 Å². The molecule has 0 bridgehead atoms. The molecule has 1 aromatic heterocycles. The topological polar surface area (TPSA) is 117 Å². The van der Waals surface area contributed by atoms with Gasteiger partial charge in [0.2, 0.25) is 0 Å². The fourth-order valence-corrected chi connectivity index (χ4v) is 5.02. The molecule has 41 heavy (non-hydrogen) atoms. The highest BCUT2D eigenvalue weighted by atomic mass is 19.4. The molecule has 2 heterocycles. The summed E-state index contributed by atoms with van der Waals surface area (Å²) < 4.78 is 40.2. The average Bonchev–Trinajstić information content (AvgIpc) is 2.92. The molecule has 0 aliphatic carbocycles. The molecule has 2 aromatic carbocycles. The van der Waals surface area contributed by atoms with E-state index in [0.29, 0.717) is 51.0 Å². The van der Waals surface area contributed by atoms with Crippen LogP contribution in [0.1, 0.15) is 36.5 Å². The molecule has 1 saturated heterocycles. The summed E-state index contributed by atoms with van der Waals surface area (Å²) in [5, 5.41) is 14.5. The molecule has 0 spiro atoms. The van der Waals surface area contributed by atoms with Crippen LogP contribution < -0.4 is 21.5 Å². The quantitative estimate of drug-likeness (QED) is 0.205. The van der Waals surface area contributed by atoms with E-state index in [1.54, 1.807) is 4.90 Å². The number of unbranched alkanes of at least 4 members (excludes halogenated alkanes) is 1. The second-order valence-corrected chi connectivity index (χ2v) is 10.1. The van der Waals surface area contributed by atoms with Gasteiger partial charge in [-0.1, -0.05) is 13.0 Å². The van der Waals surface area contributed by atoms with Crippen molar-refractivity contribution in [2.45, 2.75) is 45.8 Å². The summed E-state index contributed by atoms with van der Waals surface area (Å²) in [6.07, 6.45) is -2.47. The molecule has 0 saturated carbocycles. The van der Waals surface area contributed by atoms with Crippen LogP contribution in [0.2, 0.25) is 0 Å². The van der Waals surface area contributed by atoms with Crippen molar-refractivity contribution in [1.29, 1.82) is 0 Å². The fraction of sp³-hybridized carbons (Fsp3) is 0.429. The van der Waals surface area contributed by atoms with Gasteiger partial charge in [-0.05, 0) is 68.1 Å². The SMILES string of the molecule is CCc1cc(Nc2cc(=O)n(CCCCN3CCN(c4ccc(C(F)(F)F)cc4[N+](=O)[O-])CC3)c(=O)[nH]2)ccc1C. The van der Waals surface area contributed by atoms with Gasteiger partial charge >= 0.3 is 11.9 Å². The van der Waals surface area contributed by atoms with Crippen LogP contribution in [0.3, 0.4) is 0 Å². The first kappa shape index (κ1) is 29.8. The largest absolute Gasteiger partial charge is 0.416 e. The molecule has 3 aromatic rings. The van der Waals surface area contributed by atoms with Gasteiger partial charge in [-0.25, -0.2) is 4.79 Å². The van der Waals surface area contributed by atoms with Crippen molar-refractivity contribution in [3.05, 3.63) is 90.1 Å². The van der Waals surface area contributed by atoms with Gasteiger partial charge in [0.25, 0.3) is 11.2 Å². The van der Waals surface area contributed by atoms with Crippen LogP contribution in [0.15, 0.2) is 52.1 Å². The van der Waals surface area contributed by atoms with Gasteiger partial charge in [0, 0.05) is 50.5 Å². The standard InChI is InChI=1S/C28H33F3N6O4/c1-3-20-16-22(8-6-19(20)2)32-25-18-26(38)36(27(39)33-25)11-5-4-10-34-12-14-35(15-13-34)23-9-7-21(28(29,30)31)17-24(23)37(40)41/h6-9,16-18,32H,3-5,10-15H2,1-2H3,(H,33,39). The zero-order valence-electron chi connectivity index (χ0n) is 23.0. The highest BCUT2D eigenvalue weighted by Gasteiger charge is 2.34. The van der Waals surface area contributed by atoms with Crippen LogP contribution in [0.5, 0.6) is 0 Å². The van der Waals surface area contributed by atoms with Gasteiger partial charge in [-0.2, -0.15) is 13.2 Å². The predicted molar refractivity (Wildman–Crippen MR) is 151 cm³/mol. The number of aromatic amines is 1. The lowest BCUT2D eigenvalue weighted by Gasteiger charge is -2.35. The maximum absolute atomic E-state index is 13.0. The minimum absolute atomic E-state index is 0.173. The number of hydrogen-bond donors (Lipinski definition) is 2. The zero-order chi connectivity index (χ0) is 29.7. The Morgan fingerprint density at radius 1 is 1.00 bits per heavy atom. The molecule has 0 atom stereocenters. The number of aromatic nitrogens is 2. The number of nitrogens with zero attached hydrogens (tertiary/aromatic N) is 4. The molecule has 0 amide bonds. The molecule has 4 rings (SSSR count). The Labute approximate surface area is 234 Å². The Hall–Kier alpha value is -4.13. The van der Waals surface area contributed by atoms with E-state index in [1.807, 2.05) is 25.1 Å². The van der Waals surface area contributed by atoms with Gasteiger partial charge in [-0.15, -0.1) is 0 Å². The summed E-state index contributed by atoms with van der Waals surface area (Å²) in [5.41, 5.74) is 0.808. The highest BCUT2D eigenvalue weighted by Crippen LogP contribution is 2.36. The van der Waals surface area contributed by atoms with Crippen molar-refractivity contribution < 1.29 is 18.1 Å². The van der Waals surface area contributed by atoms with E-state index in [0.717, 1.165) is 30.7 Å². The Kier molecular flexibility index (Phi) is 9.16. The number of nitro benzene ring substituents is 1. The summed E-state index contributed by atoms with van der Waals surface area (Å²) in [4.78, 5) is 42.5. The maximum Gasteiger partial charge on any atom is 0.416 e. The number of hydrogen-bond acceptors (Lipinski definition) is 7. The molecule has 13 heteroatoms. The lowest BCUT2D eigenvalue weighted by molar-refractivity contribution is -0.384. The number of nitrogens with one attached hydrogen (secondary N) is 2. The average molecular weight is 575 g/mol. The van der Waals surface area contributed by atoms with E-state index in [1.165, 1.54) is 21.8 Å². The molecule has 0 unspecified atom stereocenters. The van der Waals surface area contributed by atoms with Gasteiger partial charge in [0.1, 0.15) is 11.5 Å². The number of benzene rings is 2. The zero-order valence-corrected chi connectivity index (χ0v) is 23.0. The van der Waals surface area contributed by atoms with Gasteiger partial charge in [0.05, 0.1) is 10.5 Å². The Bertz CT molecular complexity index is 1480. The lowest BCUT2D eigenvalue weighted by atomic mass is 10.1. The Morgan fingerprint density at radius 2 is 1.71 bits per heavy atom. The van der Waals surface area contributed by atoms with E-state index >= 15 is 0 Å². The van der Waals surface area contributed by atoms with Gasteiger partial charge in [-0.3, -0.25) is 29.4 Å². The summed E-state index contributed by atoms with van der Waals surface area (Å²) in [6, 6.07) is 9.85. The number of alkyl halides is 3. The molecule has 1 aliphatic rings. The van der Waals surface area contributed by atoms with Crippen LogP contribution in [0.25, 0.3) is 0 Å². The molecule has 220 valence electrons. The van der Waals surface area contributed by atoms with Crippen LogP contribution in [-0.4, -0.2) is 52.1 Å². The molecule has 0 radical (unpaired) electrons. The van der Waals surface area contributed by atoms with E-state index in [4.69, 9.17) is 0 Å². The summed E-state index contributed by atoms with van der Waals surface area (Å²) >= 11 is 0. The third-order valence-electron chi connectivity index (χ3n) is 7.35. The molecule has 1 fully saturated rings. The third-order valence-corrected chi connectivity index (χ3v) is 7.35. The number of aryl methyl sites for hydroxylation is 2. The normalized spacial score (nSPS) is 14.3. The van der Waals surface area contributed by atoms with Crippen molar-refractivity contribution >= 4 is 22.9 Å². The number of H-pyrrole nitrogens is 1. The minimum Gasteiger partial charge on any atom is -0.363 e. The molecule has 2 N–H and O–H groups in total. The second-order valence-electron chi connectivity index (χ2n) is 10.1. The minimum atomic E-state index is -4.66. The summed E-state index contributed by atoms with van der Waals surface area (Å²) in [7, 11) is 0. The molecule has 1 aliphatic heterocycles. The predicted octanol–water partition coefficient (Wildman–Crippen LogP) is 4.68. The van der Waals surface area contributed by atoms with Crippen LogP contribution in [-0.2, 0) is 19.1 Å². The smallest absolute Gasteiger partial charge is 0.363 e. The first-order valence-electron chi connectivity index (χ1n) is 13.5. The number of piperazine rings is 1. The van der Waals surface area contributed by atoms with Crippen molar-refractivity contribution in [3.8, 4) is 0 Å². The number of halogens is 3. The third kappa shape index (κ3) is 7.34. The fourth-order valence-electron chi connectivity index (χ4n) is 5.02. The van der Waals surface area contributed by atoms with Gasteiger partial charge in [0.15, 0.2) is 0 Å². The van der Waals surface area contributed by atoms with Crippen molar-refractivity contribution in [1.82, 2.24) is 14.5 Å². The van der Waals surface area contributed by atoms with E-state index in [-0.39, 0.29) is 12.2 Å². The van der Waals surface area contributed by atoms with E-state index < -0.39 is 33.6 Å². The number of nitro groups is 1. The van der Waals surface area contributed by atoms with E-state index in [2.05, 4.69) is 22.1 Å². The van der Waals surface area contributed by atoms with Crippen LogP contribution >= 0.6 is 0 Å². The monoisotopic (exact) mass is 574 g/mol. The Balaban J connectivity index is 1.27. The summed E-state index contributed by atoms with van der Waals surface area (Å²) in [5.74, 6) is 0.327. The lowest BCUT2D eigenvalue weighted by Crippen LogP contribution is -2.46. The summed E-state index contributed by atoms with van der Waals surface area (Å²) in [6.45, 7) is 7.07. The first-order valence-corrected chi connectivity index (χ1v) is 13.5. The number of anilines is 3. The van der Waals surface area contributed by atoms with Gasteiger partial charge < -0.3 is 10.2 Å². The molecule has 10 nitrogen and oxygen atoms in total. The van der Waals surface area contributed by atoms with Crippen LogP contribution in [0, 0.1) is 17.0 Å².